The first-order chi connectivity index (χ1) is 11.5. The SMILES string of the molecule is NC(=O)c1cc(Oc2c(Cl)cc(C(F)(F)F)cc2Cl)ccc1[N+](=O)[O-]. The van der Waals surface area contributed by atoms with Gasteiger partial charge in [-0.25, -0.2) is 0 Å². The summed E-state index contributed by atoms with van der Waals surface area (Å²) in [5.74, 6) is -1.51. The molecule has 1 amide bonds. The summed E-state index contributed by atoms with van der Waals surface area (Å²) in [6.45, 7) is 0. The van der Waals surface area contributed by atoms with Crippen LogP contribution in [0.1, 0.15) is 15.9 Å². The number of hydrogen-bond donors (Lipinski definition) is 1. The van der Waals surface area contributed by atoms with Crippen molar-refractivity contribution >= 4 is 34.8 Å². The van der Waals surface area contributed by atoms with Crippen LogP contribution in [0, 0.1) is 10.1 Å². The monoisotopic (exact) mass is 394 g/mol. The van der Waals surface area contributed by atoms with Gasteiger partial charge in [-0.3, -0.25) is 14.9 Å². The Morgan fingerprint density at radius 2 is 1.72 bits per heavy atom. The Morgan fingerprint density at radius 1 is 1.16 bits per heavy atom. The highest BCUT2D eigenvalue weighted by Gasteiger charge is 2.32. The van der Waals surface area contributed by atoms with Gasteiger partial charge in [-0.2, -0.15) is 13.2 Å². The predicted octanol–water partition coefficient (Wildman–Crippen LogP) is 4.81. The lowest BCUT2D eigenvalue weighted by molar-refractivity contribution is -0.385. The molecule has 11 heteroatoms. The minimum atomic E-state index is -4.65. The summed E-state index contributed by atoms with van der Waals surface area (Å²) >= 11 is 11.5. The van der Waals surface area contributed by atoms with E-state index in [4.69, 9.17) is 33.7 Å². The number of ether oxygens (including phenoxy) is 1. The smallest absolute Gasteiger partial charge is 0.416 e. The van der Waals surface area contributed by atoms with Crippen molar-refractivity contribution in [3.8, 4) is 11.5 Å². The number of alkyl halides is 3. The van der Waals surface area contributed by atoms with Crippen LogP contribution in [0.2, 0.25) is 10.0 Å². The van der Waals surface area contributed by atoms with Crippen LogP contribution >= 0.6 is 23.2 Å². The van der Waals surface area contributed by atoms with Gasteiger partial charge in [0.25, 0.3) is 11.6 Å². The van der Waals surface area contributed by atoms with Crippen molar-refractivity contribution in [3.63, 3.8) is 0 Å². The number of nitrogens with two attached hydrogens (primary N) is 1. The Kier molecular flexibility index (Phi) is 5.09. The maximum absolute atomic E-state index is 12.7. The van der Waals surface area contributed by atoms with Gasteiger partial charge in [0.2, 0.25) is 0 Å². The number of nitrogens with zero attached hydrogens (tertiary/aromatic N) is 1. The number of primary amides is 1. The summed E-state index contributed by atoms with van der Waals surface area (Å²) in [5.41, 5.74) is 3.00. The number of carbonyl (C=O) groups is 1. The summed E-state index contributed by atoms with van der Waals surface area (Å²) < 4.78 is 43.4. The van der Waals surface area contributed by atoms with Crippen molar-refractivity contribution in [2.24, 2.45) is 5.73 Å². The van der Waals surface area contributed by atoms with E-state index in [0.29, 0.717) is 12.1 Å². The number of nitro benzene ring substituents is 1. The molecule has 2 aromatic carbocycles. The van der Waals surface area contributed by atoms with E-state index in [1.165, 1.54) is 0 Å². The quantitative estimate of drug-likeness (QED) is 0.594. The Balaban J connectivity index is 2.45. The van der Waals surface area contributed by atoms with Gasteiger partial charge in [-0.1, -0.05) is 23.2 Å². The van der Waals surface area contributed by atoms with Crippen LogP contribution in [0.25, 0.3) is 0 Å². The highest BCUT2D eigenvalue weighted by molar-refractivity contribution is 6.37. The number of rotatable bonds is 4. The molecule has 2 N–H and O–H groups in total. The zero-order valence-electron chi connectivity index (χ0n) is 11.9. The van der Waals surface area contributed by atoms with Crippen LogP contribution < -0.4 is 10.5 Å². The van der Waals surface area contributed by atoms with Crippen molar-refractivity contribution < 1.29 is 27.6 Å². The molecule has 0 unspecified atom stereocenters. The molecule has 132 valence electrons. The van der Waals surface area contributed by atoms with E-state index in [2.05, 4.69) is 0 Å². The zero-order chi connectivity index (χ0) is 18.9. The molecular weight excluding hydrogens is 388 g/mol. The van der Waals surface area contributed by atoms with E-state index in [1.807, 2.05) is 0 Å². The fourth-order valence-electron chi connectivity index (χ4n) is 1.87. The van der Waals surface area contributed by atoms with Crippen LogP contribution in [0.3, 0.4) is 0 Å². The minimum absolute atomic E-state index is 0.122. The lowest BCUT2D eigenvalue weighted by Crippen LogP contribution is -2.13. The minimum Gasteiger partial charge on any atom is -0.454 e. The standard InChI is InChI=1S/C14H7Cl2F3N2O4/c15-9-3-6(14(17,18)19)4-10(16)12(9)25-7-1-2-11(21(23)24)8(5-7)13(20)22/h1-5H,(H2,20,22). The van der Waals surface area contributed by atoms with Crippen molar-refractivity contribution in [1.82, 2.24) is 0 Å². The Labute approximate surface area is 148 Å². The highest BCUT2D eigenvalue weighted by atomic mass is 35.5. The molecule has 2 aromatic rings. The average Bonchev–Trinajstić information content (AvgIpc) is 2.49. The van der Waals surface area contributed by atoms with Crippen LogP contribution in [-0.4, -0.2) is 10.8 Å². The maximum Gasteiger partial charge on any atom is 0.416 e. The first-order valence-electron chi connectivity index (χ1n) is 6.33. The van der Waals surface area contributed by atoms with Crippen molar-refractivity contribution in [3.05, 3.63) is 61.6 Å². The molecule has 6 nitrogen and oxygen atoms in total. The fraction of sp³-hybridized carbons (Fsp3) is 0.0714. The summed E-state index contributed by atoms with van der Waals surface area (Å²) in [4.78, 5) is 21.3. The molecule has 0 bridgehead atoms. The second kappa shape index (κ2) is 6.77. The van der Waals surface area contributed by atoms with Crippen LogP contribution in [0.5, 0.6) is 11.5 Å². The number of carbonyl (C=O) groups excluding carboxylic acids is 1. The average molecular weight is 395 g/mol. The molecule has 0 aliphatic carbocycles. The van der Waals surface area contributed by atoms with E-state index < -0.39 is 43.9 Å². The Hall–Kier alpha value is -2.52. The zero-order valence-corrected chi connectivity index (χ0v) is 13.4. The fourth-order valence-corrected chi connectivity index (χ4v) is 2.44. The Morgan fingerprint density at radius 3 is 2.16 bits per heavy atom. The molecule has 0 spiro atoms. The lowest BCUT2D eigenvalue weighted by Gasteiger charge is -2.13. The van der Waals surface area contributed by atoms with Crippen molar-refractivity contribution in [2.45, 2.75) is 6.18 Å². The van der Waals surface area contributed by atoms with Gasteiger partial charge in [0.1, 0.15) is 11.3 Å². The molecular formula is C14H7Cl2F3N2O4. The van der Waals surface area contributed by atoms with Crippen molar-refractivity contribution in [1.29, 1.82) is 0 Å². The van der Waals surface area contributed by atoms with Gasteiger partial charge < -0.3 is 10.5 Å². The van der Waals surface area contributed by atoms with Gasteiger partial charge >= 0.3 is 6.18 Å². The number of hydrogen-bond acceptors (Lipinski definition) is 4. The molecule has 0 heterocycles. The van der Waals surface area contributed by atoms with E-state index in [9.17, 15) is 28.1 Å². The molecule has 0 fully saturated rings. The molecule has 0 radical (unpaired) electrons. The highest BCUT2D eigenvalue weighted by Crippen LogP contribution is 2.42. The Bertz CT molecular complexity index is 849. The van der Waals surface area contributed by atoms with Crippen molar-refractivity contribution in [2.75, 3.05) is 0 Å². The third-order valence-corrected chi connectivity index (χ3v) is 3.54. The first-order valence-corrected chi connectivity index (χ1v) is 7.08. The summed E-state index contributed by atoms with van der Waals surface area (Å²) in [6.07, 6.45) is -4.65. The summed E-state index contributed by atoms with van der Waals surface area (Å²) in [6, 6.07) is 4.27. The molecule has 0 aliphatic rings. The van der Waals surface area contributed by atoms with Gasteiger partial charge in [-0.05, 0) is 18.2 Å². The maximum atomic E-state index is 12.7. The van der Waals surface area contributed by atoms with Gasteiger partial charge in [-0.15, -0.1) is 0 Å². The molecule has 0 saturated heterocycles. The van der Waals surface area contributed by atoms with Gasteiger partial charge in [0.05, 0.1) is 20.5 Å². The second-order valence-corrected chi connectivity index (χ2v) is 5.48. The third-order valence-electron chi connectivity index (χ3n) is 2.98. The predicted molar refractivity (Wildman–Crippen MR) is 83.2 cm³/mol. The second-order valence-electron chi connectivity index (χ2n) is 4.67. The molecule has 0 atom stereocenters. The molecule has 25 heavy (non-hydrogen) atoms. The molecule has 0 saturated carbocycles. The van der Waals surface area contributed by atoms with Gasteiger partial charge in [0, 0.05) is 12.1 Å². The number of amides is 1. The van der Waals surface area contributed by atoms with E-state index in [0.717, 1.165) is 18.2 Å². The molecule has 0 aromatic heterocycles. The first kappa shape index (κ1) is 18.8. The largest absolute Gasteiger partial charge is 0.454 e. The van der Waals surface area contributed by atoms with Crippen LogP contribution in [-0.2, 0) is 6.18 Å². The van der Waals surface area contributed by atoms with Crippen LogP contribution in [0.4, 0.5) is 18.9 Å². The molecule has 2 rings (SSSR count). The lowest BCUT2D eigenvalue weighted by atomic mass is 10.1. The number of halogens is 5. The van der Waals surface area contributed by atoms with E-state index >= 15 is 0 Å². The normalized spacial score (nSPS) is 11.2. The summed E-state index contributed by atoms with van der Waals surface area (Å²) in [7, 11) is 0. The third kappa shape index (κ3) is 4.12. The van der Waals surface area contributed by atoms with E-state index in [1.54, 1.807) is 0 Å². The van der Waals surface area contributed by atoms with Crippen LogP contribution in [0.15, 0.2) is 30.3 Å². The number of benzene rings is 2. The van der Waals surface area contributed by atoms with E-state index in [-0.39, 0.29) is 11.5 Å². The molecule has 0 aliphatic heterocycles. The van der Waals surface area contributed by atoms with Gasteiger partial charge in [0.15, 0.2) is 5.75 Å². The summed E-state index contributed by atoms with van der Waals surface area (Å²) in [5, 5.41) is 9.98. The topological polar surface area (TPSA) is 95.5 Å². The number of nitro groups is 1.